The van der Waals surface area contributed by atoms with Gasteiger partial charge in [-0.15, -0.1) is 0 Å². The quantitative estimate of drug-likeness (QED) is 0.357. The number of aromatic amines is 1. The summed E-state index contributed by atoms with van der Waals surface area (Å²) >= 11 is 0. The van der Waals surface area contributed by atoms with Crippen molar-refractivity contribution in [3.63, 3.8) is 0 Å². The zero-order chi connectivity index (χ0) is 25.2. The zero-order valence-electron chi connectivity index (χ0n) is 21.0. The van der Waals surface area contributed by atoms with E-state index in [1.165, 1.54) is 0 Å². The minimum Gasteiger partial charge on any atom is -0.494 e. The molecule has 4 rings (SSSR count). The molecule has 0 bridgehead atoms. The van der Waals surface area contributed by atoms with Crippen molar-refractivity contribution < 1.29 is 9.53 Å². The van der Waals surface area contributed by atoms with E-state index in [1.54, 1.807) is 4.90 Å². The lowest BCUT2D eigenvalue weighted by Crippen LogP contribution is -2.33. The maximum atomic E-state index is 13.7. The lowest BCUT2D eigenvalue weighted by Gasteiger charge is -2.24. The van der Waals surface area contributed by atoms with Crippen LogP contribution in [0.4, 0.5) is 5.69 Å². The lowest BCUT2D eigenvalue weighted by atomic mass is 9.86. The number of nitrogens with zero attached hydrogens (tertiary/aromatic N) is 1. The van der Waals surface area contributed by atoms with Gasteiger partial charge in [0.1, 0.15) is 5.75 Å². The number of rotatable bonds is 6. The van der Waals surface area contributed by atoms with Crippen LogP contribution in [0, 0.1) is 6.92 Å². The molecule has 35 heavy (non-hydrogen) atoms. The number of aromatic nitrogens is 1. The Kier molecular flexibility index (Phi) is 6.79. The van der Waals surface area contributed by atoms with Gasteiger partial charge in [-0.1, -0.05) is 44.5 Å². The molecule has 0 saturated carbocycles. The lowest BCUT2D eigenvalue weighted by molar-refractivity contribution is 0.0985. The van der Waals surface area contributed by atoms with Crippen molar-refractivity contribution in [1.82, 2.24) is 4.98 Å². The first kappa shape index (κ1) is 24.3. The van der Waals surface area contributed by atoms with E-state index in [9.17, 15) is 9.59 Å². The molecule has 0 fully saturated rings. The monoisotopic (exact) mass is 468 g/mol. The summed E-state index contributed by atoms with van der Waals surface area (Å²) in [4.78, 5) is 31.3. The third kappa shape index (κ3) is 5.46. The number of ether oxygens (including phenoxy) is 1. The highest BCUT2D eigenvalue weighted by atomic mass is 16.5. The molecular formula is C30H32N2O3. The van der Waals surface area contributed by atoms with E-state index in [0.717, 1.165) is 27.8 Å². The van der Waals surface area contributed by atoms with Gasteiger partial charge in [-0.05, 0) is 84.8 Å². The topological polar surface area (TPSA) is 62.4 Å². The van der Waals surface area contributed by atoms with Gasteiger partial charge in [-0.2, -0.15) is 0 Å². The Morgan fingerprint density at radius 3 is 2.26 bits per heavy atom. The zero-order valence-corrected chi connectivity index (χ0v) is 21.0. The Hall–Kier alpha value is -3.86. The van der Waals surface area contributed by atoms with Gasteiger partial charge in [-0.3, -0.25) is 9.59 Å². The molecule has 0 saturated heterocycles. The van der Waals surface area contributed by atoms with Gasteiger partial charge in [0.15, 0.2) is 0 Å². The number of hydrogen-bond donors (Lipinski definition) is 1. The maximum Gasteiger partial charge on any atom is 0.258 e. The Morgan fingerprint density at radius 1 is 0.943 bits per heavy atom. The van der Waals surface area contributed by atoms with Crippen LogP contribution in [0.2, 0.25) is 0 Å². The molecule has 0 atom stereocenters. The van der Waals surface area contributed by atoms with E-state index < -0.39 is 0 Å². The molecule has 3 aromatic carbocycles. The summed E-state index contributed by atoms with van der Waals surface area (Å²) in [5, 5.41) is 0.938. The second-order valence-corrected chi connectivity index (χ2v) is 9.86. The van der Waals surface area contributed by atoms with Gasteiger partial charge in [0, 0.05) is 22.3 Å². The smallest absolute Gasteiger partial charge is 0.258 e. The summed E-state index contributed by atoms with van der Waals surface area (Å²) in [7, 11) is 0. The number of H-pyrrole nitrogens is 1. The molecule has 180 valence electrons. The van der Waals surface area contributed by atoms with Gasteiger partial charge < -0.3 is 14.6 Å². The van der Waals surface area contributed by atoms with Crippen LogP contribution in [-0.2, 0) is 12.0 Å². The highest BCUT2D eigenvalue weighted by Crippen LogP contribution is 2.26. The van der Waals surface area contributed by atoms with E-state index in [4.69, 9.17) is 4.74 Å². The van der Waals surface area contributed by atoms with Crippen molar-refractivity contribution in [2.75, 3.05) is 11.5 Å². The van der Waals surface area contributed by atoms with Crippen LogP contribution >= 0.6 is 0 Å². The van der Waals surface area contributed by atoms with E-state index >= 15 is 0 Å². The number of nitrogens with one attached hydrogen (secondary N) is 1. The summed E-state index contributed by atoms with van der Waals surface area (Å²) in [5.41, 5.74) is 4.62. The number of hydrogen-bond acceptors (Lipinski definition) is 3. The third-order valence-electron chi connectivity index (χ3n) is 6.11. The third-order valence-corrected chi connectivity index (χ3v) is 6.11. The van der Waals surface area contributed by atoms with Crippen molar-refractivity contribution in [3.8, 4) is 5.75 Å². The fourth-order valence-corrected chi connectivity index (χ4v) is 4.10. The fraction of sp³-hybridized carbons (Fsp3) is 0.267. The average molecular weight is 469 g/mol. The number of benzene rings is 3. The summed E-state index contributed by atoms with van der Waals surface area (Å²) < 4.78 is 5.57. The largest absolute Gasteiger partial charge is 0.494 e. The first-order valence-electron chi connectivity index (χ1n) is 11.9. The van der Waals surface area contributed by atoms with Crippen LogP contribution < -0.4 is 15.2 Å². The number of anilines is 1. The molecule has 5 nitrogen and oxygen atoms in total. The van der Waals surface area contributed by atoms with Crippen molar-refractivity contribution in [1.29, 1.82) is 0 Å². The molecule has 4 aromatic rings. The van der Waals surface area contributed by atoms with E-state index in [1.807, 2.05) is 86.6 Å². The van der Waals surface area contributed by atoms with Crippen molar-refractivity contribution in [2.24, 2.45) is 0 Å². The second-order valence-electron chi connectivity index (χ2n) is 9.86. The molecule has 1 heterocycles. The second kappa shape index (κ2) is 9.79. The molecule has 1 N–H and O–H groups in total. The Balaban J connectivity index is 1.74. The van der Waals surface area contributed by atoms with Crippen molar-refractivity contribution in [3.05, 3.63) is 105 Å². The van der Waals surface area contributed by atoms with Crippen LogP contribution in [0.15, 0.2) is 77.6 Å². The predicted octanol–water partition coefficient (Wildman–Crippen LogP) is 6.38. The van der Waals surface area contributed by atoms with Crippen LogP contribution in [0.1, 0.15) is 54.7 Å². The molecule has 0 aliphatic heterocycles. The van der Waals surface area contributed by atoms with Crippen LogP contribution in [-0.4, -0.2) is 17.5 Å². The molecule has 0 spiro atoms. The molecule has 0 radical (unpaired) electrons. The van der Waals surface area contributed by atoms with Gasteiger partial charge in [0.25, 0.3) is 11.5 Å². The normalized spacial score (nSPS) is 11.5. The first-order valence-corrected chi connectivity index (χ1v) is 11.9. The molecule has 5 heteroatoms. The average Bonchev–Trinajstić information content (AvgIpc) is 2.83. The summed E-state index contributed by atoms with van der Waals surface area (Å²) in [6, 6.07) is 22.9. The number of aryl methyl sites for hydroxylation is 1. The van der Waals surface area contributed by atoms with Gasteiger partial charge in [0.05, 0.1) is 13.2 Å². The fourth-order valence-electron chi connectivity index (χ4n) is 4.10. The Morgan fingerprint density at radius 2 is 1.63 bits per heavy atom. The predicted molar refractivity (Wildman–Crippen MR) is 143 cm³/mol. The standard InChI is InChI=1S/C30H32N2O3/c1-6-35-26-14-12-25(13-15-26)32(29(34)21-8-10-24(11-9-21)30(3,4)5)19-23-18-22-17-20(2)7-16-27(22)31-28(23)33/h7-18H,6,19H2,1-5H3,(H,31,33). The SMILES string of the molecule is CCOc1ccc(N(Cc2cc3cc(C)ccc3[nH]c2=O)C(=O)c2ccc(C(C)(C)C)cc2)cc1. The molecule has 0 aliphatic carbocycles. The van der Waals surface area contributed by atoms with Gasteiger partial charge in [-0.25, -0.2) is 0 Å². The highest BCUT2D eigenvalue weighted by Gasteiger charge is 2.21. The van der Waals surface area contributed by atoms with Crippen LogP contribution in [0.5, 0.6) is 5.75 Å². The van der Waals surface area contributed by atoms with E-state index in [2.05, 4.69) is 25.8 Å². The van der Waals surface area contributed by atoms with Crippen LogP contribution in [0.3, 0.4) is 0 Å². The molecular weight excluding hydrogens is 436 g/mol. The summed E-state index contributed by atoms with van der Waals surface area (Å²) in [6.45, 7) is 11.1. The number of pyridine rings is 1. The van der Waals surface area contributed by atoms with Gasteiger partial charge in [0.2, 0.25) is 0 Å². The number of amides is 1. The number of carbonyl (C=O) groups is 1. The van der Waals surface area contributed by atoms with E-state index in [0.29, 0.717) is 23.4 Å². The molecule has 0 aliphatic rings. The molecule has 0 unspecified atom stereocenters. The Bertz CT molecular complexity index is 1400. The minimum absolute atomic E-state index is 0.00705. The molecule has 1 aromatic heterocycles. The van der Waals surface area contributed by atoms with Gasteiger partial charge >= 0.3 is 0 Å². The van der Waals surface area contributed by atoms with Crippen LogP contribution in [0.25, 0.3) is 10.9 Å². The van der Waals surface area contributed by atoms with E-state index in [-0.39, 0.29) is 23.4 Å². The maximum absolute atomic E-state index is 13.7. The summed E-state index contributed by atoms with van der Waals surface area (Å²) in [5.74, 6) is 0.565. The summed E-state index contributed by atoms with van der Waals surface area (Å²) in [6.07, 6.45) is 0. The highest BCUT2D eigenvalue weighted by molar-refractivity contribution is 6.06. The van der Waals surface area contributed by atoms with Crippen molar-refractivity contribution in [2.45, 2.75) is 46.6 Å². The number of fused-ring (bicyclic) bond motifs is 1. The van der Waals surface area contributed by atoms with Crippen molar-refractivity contribution >= 4 is 22.5 Å². The Labute approximate surface area is 206 Å². The number of carbonyl (C=O) groups excluding carboxylic acids is 1. The first-order chi connectivity index (χ1) is 16.7. The minimum atomic E-state index is -0.201. The molecule has 1 amide bonds.